The maximum atomic E-state index is 13.3. The number of ether oxygens (including phenoxy) is 1. The van der Waals surface area contributed by atoms with Crippen molar-refractivity contribution in [3.05, 3.63) is 72.3 Å². The van der Waals surface area contributed by atoms with Gasteiger partial charge in [0.05, 0.1) is 17.6 Å². The van der Waals surface area contributed by atoms with Crippen LogP contribution in [0.2, 0.25) is 0 Å². The van der Waals surface area contributed by atoms with Gasteiger partial charge in [0, 0.05) is 34.0 Å². The number of nitrogens with zero attached hydrogens (tertiary/aromatic N) is 4. The van der Waals surface area contributed by atoms with Crippen molar-refractivity contribution >= 4 is 55.8 Å². The third-order valence-electron chi connectivity index (χ3n) is 7.23. The van der Waals surface area contributed by atoms with Crippen LogP contribution < -0.4 is 5.73 Å². The smallest absolute Gasteiger partial charge is 0.344 e. The Morgan fingerprint density at radius 1 is 0.946 bits per heavy atom. The molecule has 6 aromatic rings. The molecule has 7 heteroatoms. The Kier molecular flexibility index (Phi) is 5.56. The monoisotopic (exact) mass is 491 g/mol. The van der Waals surface area contributed by atoms with Crippen molar-refractivity contribution in [2.45, 2.75) is 33.7 Å². The maximum absolute atomic E-state index is 13.3. The molecule has 3 aromatic heterocycles. The molecular formula is C30H29N5O2. The molecule has 0 aliphatic carbocycles. The quantitative estimate of drug-likeness (QED) is 0.269. The lowest BCUT2D eigenvalue weighted by atomic mass is 10.1. The fourth-order valence-electron chi connectivity index (χ4n) is 5.05. The van der Waals surface area contributed by atoms with Crippen molar-refractivity contribution in [2.24, 2.45) is 5.92 Å². The van der Waals surface area contributed by atoms with E-state index in [-0.39, 0.29) is 17.3 Å². The molecule has 0 radical (unpaired) electrons. The summed E-state index contributed by atoms with van der Waals surface area (Å²) in [4.78, 5) is 23.0. The first-order chi connectivity index (χ1) is 18.0. The predicted molar refractivity (Wildman–Crippen MR) is 149 cm³/mol. The Labute approximate surface area is 214 Å². The zero-order valence-corrected chi connectivity index (χ0v) is 21.2. The number of fused-ring (bicyclic) bond motifs is 5. The third kappa shape index (κ3) is 3.61. The number of aromatic nitrogens is 4. The number of esters is 1. The summed E-state index contributed by atoms with van der Waals surface area (Å²) in [6.07, 6.45) is 0.917. The van der Waals surface area contributed by atoms with Gasteiger partial charge in [0.2, 0.25) is 0 Å². The van der Waals surface area contributed by atoms with E-state index in [1.54, 1.807) is 0 Å². The first kappa shape index (κ1) is 23.0. The number of hydrogen-bond acceptors (Lipinski definition) is 5. The van der Waals surface area contributed by atoms with Gasteiger partial charge in [-0.15, -0.1) is 0 Å². The number of aryl methyl sites for hydroxylation is 1. The Bertz CT molecular complexity index is 1810. The Balaban J connectivity index is 1.61. The highest BCUT2D eigenvalue weighted by Gasteiger charge is 2.26. The number of benzene rings is 3. The van der Waals surface area contributed by atoms with Crippen molar-refractivity contribution in [1.29, 1.82) is 0 Å². The standard InChI is InChI=1S/C30H29N5O2/c1-4-18(3)17-37-30(36)26-27-29(33-23-12-8-7-11-22(23)32-27)35(28(26)31)19-14-15-25-21(16-19)20-10-6-9-13-24(20)34(25)5-2/h6-16,18H,4-5,17,31H2,1-3H3. The van der Waals surface area contributed by atoms with Gasteiger partial charge in [-0.1, -0.05) is 50.6 Å². The second-order valence-corrected chi connectivity index (χ2v) is 9.55. The summed E-state index contributed by atoms with van der Waals surface area (Å²) >= 11 is 0. The van der Waals surface area contributed by atoms with Crippen LogP contribution in [0.5, 0.6) is 0 Å². The lowest BCUT2D eigenvalue weighted by Gasteiger charge is -2.10. The van der Waals surface area contributed by atoms with E-state index in [0.717, 1.165) is 35.1 Å². The summed E-state index contributed by atoms with van der Waals surface area (Å²) in [5.74, 6) is 0.0524. The van der Waals surface area contributed by atoms with E-state index in [1.165, 1.54) is 10.9 Å². The van der Waals surface area contributed by atoms with Gasteiger partial charge in [-0.2, -0.15) is 0 Å². The summed E-state index contributed by atoms with van der Waals surface area (Å²) in [5.41, 5.74) is 12.5. The second-order valence-electron chi connectivity index (χ2n) is 9.55. The topological polar surface area (TPSA) is 88.0 Å². The Hall–Kier alpha value is -4.39. The summed E-state index contributed by atoms with van der Waals surface area (Å²) in [6.45, 7) is 7.46. The molecule has 3 aromatic carbocycles. The highest BCUT2D eigenvalue weighted by atomic mass is 16.5. The lowest BCUT2D eigenvalue weighted by molar-refractivity contribution is 0.0450. The Morgan fingerprint density at radius 3 is 2.41 bits per heavy atom. The lowest BCUT2D eigenvalue weighted by Crippen LogP contribution is -2.13. The number of nitrogens with two attached hydrogens (primary N) is 1. The average Bonchev–Trinajstić information content (AvgIpc) is 3.40. The minimum Gasteiger partial charge on any atom is -0.462 e. The molecule has 7 nitrogen and oxygen atoms in total. The first-order valence-corrected chi connectivity index (χ1v) is 12.8. The van der Waals surface area contributed by atoms with E-state index in [1.807, 2.05) is 34.9 Å². The number of carbonyl (C=O) groups excluding carboxylic acids is 1. The van der Waals surface area contributed by atoms with Crippen LogP contribution in [0, 0.1) is 5.92 Å². The van der Waals surface area contributed by atoms with Gasteiger partial charge in [-0.05, 0) is 49.2 Å². The molecule has 186 valence electrons. The molecule has 0 spiro atoms. The Morgan fingerprint density at radius 2 is 1.65 bits per heavy atom. The van der Waals surface area contributed by atoms with Crippen molar-refractivity contribution in [3.8, 4) is 5.69 Å². The van der Waals surface area contributed by atoms with E-state index < -0.39 is 5.97 Å². The van der Waals surface area contributed by atoms with Crippen molar-refractivity contribution < 1.29 is 9.53 Å². The van der Waals surface area contributed by atoms with E-state index in [2.05, 4.69) is 61.7 Å². The minimum atomic E-state index is -0.477. The van der Waals surface area contributed by atoms with Crippen LogP contribution >= 0.6 is 0 Å². The fraction of sp³-hybridized carbons (Fsp3) is 0.233. The molecule has 0 amide bonds. The van der Waals surface area contributed by atoms with Crippen LogP contribution in [0.25, 0.3) is 49.7 Å². The van der Waals surface area contributed by atoms with E-state index in [0.29, 0.717) is 23.3 Å². The van der Waals surface area contributed by atoms with Gasteiger partial charge in [0.15, 0.2) is 5.65 Å². The fourth-order valence-corrected chi connectivity index (χ4v) is 5.05. The molecule has 6 rings (SSSR count). The SMILES string of the molecule is CCC(C)COC(=O)c1c(N)n(-c2ccc3c(c2)c2ccccc2n3CC)c2nc3ccccc3nc12. The number of carbonyl (C=O) groups is 1. The van der Waals surface area contributed by atoms with Crippen LogP contribution in [0.4, 0.5) is 5.82 Å². The number of rotatable bonds is 6. The molecule has 0 bridgehead atoms. The van der Waals surface area contributed by atoms with Crippen LogP contribution in [0.15, 0.2) is 66.7 Å². The normalized spacial score (nSPS) is 12.6. The summed E-state index contributed by atoms with van der Waals surface area (Å²) in [7, 11) is 0. The third-order valence-corrected chi connectivity index (χ3v) is 7.23. The van der Waals surface area contributed by atoms with Crippen molar-refractivity contribution in [2.75, 3.05) is 12.3 Å². The first-order valence-electron chi connectivity index (χ1n) is 12.8. The van der Waals surface area contributed by atoms with Crippen molar-refractivity contribution in [1.82, 2.24) is 19.1 Å². The van der Waals surface area contributed by atoms with Gasteiger partial charge in [-0.25, -0.2) is 14.8 Å². The zero-order chi connectivity index (χ0) is 25.7. The number of para-hydroxylation sites is 3. The number of hydrogen-bond donors (Lipinski definition) is 1. The predicted octanol–water partition coefficient (Wildman–Crippen LogP) is 6.49. The molecule has 37 heavy (non-hydrogen) atoms. The largest absolute Gasteiger partial charge is 0.462 e. The molecule has 2 N–H and O–H groups in total. The van der Waals surface area contributed by atoms with E-state index >= 15 is 0 Å². The molecule has 0 fully saturated rings. The number of nitrogen functional groups attached to an aromatic ring is 1. The maximum Gasteiger partial charge on any atom is 0.344 e. The molecule has 1 unspecified atom stereocenters. The van der Waals surface area contributed by atoms with E-state index in [9.17, 15) is 4.79 Å². The minimum absolute atomic E-state index is 0.253. The molecule has 1 atom stereocenters. The second kappa shape index (κ2) is 8.92. The molecular weight excluding hydrogens is 462 g/mol. The van der Waals surface area contributed by atoms with Gasteiger partial charge in [0.25, 0.3) is 0 Å². The van der Waals surface area contributed by atoms with Crippen LogP contribution in [0.3, 0.4) is 0 Å². The molecule has 0 aliphatic heterocycles. The summed E-state index contributed by atoms with van der Waals surface area (Å²) in [5, 5.41) is 2.28. The average molecular weight is 492 g/mol. The molecule has 3 heterocycles. The van der Waals surface area contributed by atoms with Crippen LogP contribution in [0.1, 0.15) is 37.6 Å². The van der Waals surface area contributed by atoms with Gasteiger partial charge >= 0.3 is 5.97 Å². The molecule has 0 saturated carbocycles. The van der Waals surface area contributed by atoms with Gasteiger partial charge < -0.3 is 15.0 Å². The zero-order valence-electron chi connectivity index (χ0n) is 21.2. The number of anilines is 1. The summed E-state index contributed by atoms with van der Waals surface area (Å²) < 4.78 is 9.80. The highest BCUT2D eigenvalue weighted by molar-refractivity contribution is 6.11. The van der Waals surface area contributed by atoms with Gasteiger partial charge in [0.1, 0.15) is 16.9 Å². The van der Waals surface area contributed by atoms with Crippen LogP contribution in [-0.4, -0.2) is 31.7 Å². The molecule has 0 saturated heterocycles. The molecule has 0 aliphatic rings. The van der Waals surface area contributed by atoms with Gasteiger partial charge in [-0.3, -0.25) is 4.57 Å². The van der Waals surface area contributed by atoms with Crippen LogP contribution in [-0.2, 0) is 11.3 Å². The van der Waals surface area contributed by atoms with E-state index in [4.69, 9.17) is 20.4 Å². The highest BCUT2D eigenvalue weighted by Crippen LogP contribution is 2.35. The summed E-state index contributed by atoms with van der Waals surface area (Å²) in [6, 6.07) is 22.3. The van der Waals surface area contributed by atoms with Crippen molar-refractivity contribution in [3.63, 3.8) is 0 Å².